The first-order valence-corrected chi connectivity index (χ1v) is 7.43. The van der Waals surface area contributed by atoms with Crippen molar-refractivity contribution in [3.63, 3.8) is 0 Å². The van der Waals surface area contributed by atoms with Crippen LogP contribution in [-0.4, -0.2) is 42.5 Å². The first-order valence-electron chi connectivity index (χ1n) is 7.43. The Kier molecular flexibility index (Phi) is 5.33. The lowest BCUT2D eigenvalue weighted by Gasteiger charge is -2.32. The zero-order chi connectivity index (χ0) is 15.2. The number of rotatable bonds is 5. The number of esters is 1. The molecule has 1 fully saturated rings. The molecule has 5 nitrogen and oxygen atoms in total. The highest BCUT2D eigenvalue weighted by molar-refractivity contribution is 5.94. The summed E-state index contributed by atoms with van der Waals surface area (Å²) in [6.45, 7) is 5.89. The van der Waals surface area contributed by atoms with E-state index in [4.69, 9.17) is 4.74 Å². The van der Waals surface area contributed by atoms with E-state index in [1.807, 2.05) is 36.1 Å². The fraction of sp³-hybridized carbons (Fsp3) is 0.500. The Hall–Kier alpha value is -1.88. The number of ether oxygens (including phenoxy) is 1. The summed E-state index contributed by atoms with van der Waals surface area (Å²) < 4.78 is 5.04. The lowest BCUT2D eigenvalue weighted by Crippen LogP contribution is -2.50. The van der Waals surface area contributed by atoms with Crippen molar-refractivity contribution in [2.45, 2.75) is 32.7 Å². The number of amides is 1. The minimum atomic E-state index is -0.473. The molecule has 114 valence electrons. The molecule has 2 rings (SSSR count). The highest BCUT2D eigenvalue weighted by Crippen LogP contribution is 2.14. The van der Waals surface area contributed by atoms with Gasteiger partial charge in [0.2, 0.25) is 5.91 Å². The summed E-state index contributed by atoms with van der Waals surface area (Å²) in [6.07, 6.45) is 1.09. The van der Waals surface area contributed by atoms with Crippen LogP contribution in [0.15, 0.2) is 24.3 Å². The van der Waals surface area contributed by atoms with Gasteiger partial charge in [-0.1, -0.05) is 26.0 Å². The molecule has 1 aliphatic rings. The Labute approximate surface area is 125 Å². The van der Waals surface area contributed by atoms with Crippen LogP contribution in [0.5, 0.6) is 0 Å². The smallest absolute Gasteiger partial charge is 0.323 e. The first kappa shape index (κ1) is 15.5. The van der Waals surface area contributed by atoms with Crippen LogP contribution in [0.3, 0.4) is 0 Å². The molecule has 0 bridgehead atoms. The van der Waals surface area contributed by atoms with Gasteiger partial charge in [0.15, 0.2) is 0 Å². The predicted molar refractivity (Wildman–Crippen MR) is 81.1 cm³/mol. The highest BCUT2D eigenvalue weighted by Gasteiger charge is 2.32. The number of benzene rings is 1. The Morgan fingerprint density at radius 2 is 2.05 bits per heavy atom. The number of likely N-dealkylation sites (N-methyl/N-ethyl adjacent to an activating group) is 1. The molecule has 5 heteroatoms. The minimum absolute atomic E-state index is 0.127. The van der Waals surface area contributed by atoms with Crippen LogP contribution in [0.4, 0.5) is 5.69 Å². The molecule has 0 spiro atoms. The number of nitrogens with one attached hydrogen (secondary N) is 1. The summed E-state index contributed by atoms with van der Waals surface area (Å²) in [5.41, 5.74) is 1.98. The van der Waals surface area contributed by atoms with Gasteiger partial charge in [-0.2, -0.15) is 0 Å². The van der Waals surface area contributed by atoms with E-state index in [0.717, 1.165) is 18.7 Å². The van der Waals surface area contributed by atoms with Crippen LogP contribution in [0, 0.1) is 0 Å². The van der Waals surface area contributed by atoms with Crippen molar-refractivity contribution in [3.05, 3.63) is 29.8 Å². The summed E-state index contributed by atoms with van der Waals surface area (Å²) in [5, 5.41) is 2.83. The average Bonchev–Trinajstić information content (AvgIpc) is 2.50. The van der Waals surface area contributed by atoms with Gasteiger partial charge in [-0.05, 0) is 30.7 Å². The molecule has 1 N–H and O–H groups in total. The lowest BCUT2D eigenvalue weighted by atomic mass is 10.1. The number of cyclic esters (lactones) is 1. The fourth-order valence-corrected chi connectivity index (χ4v) is 2.47. The van der Waals surface area contributed by atoms with Gasteiger partial charge in [-0.25, -0.2) is 0 Å². The lowest BCUT2D eigenvalue weighted by molar-refractivity contribution is -0.158. The first-order chi connectivity index (χ1) is 10.1. The Balaban J connectivity index is 1.94. The molecule has 0 aromatic heterocycles. The van der Waals surface area contributed by atoms with Gasteiger partial charge < -0.3 is 10.1 Å². The molecule has 0 radical (unpaired) electrons. The number of carbonyl (C=O) groups is 2. The van der Waals surface area contributed by atoms with Crippen molar-refractivity contribution in [1.29, 1.82) is 0 Å². The summed E-state index contributed by atoms with van der Waals surface area (Å²) in [6, 6.07) is 7.27. The van der Waals surface area contributed by atoms with E-state index in [1.165, 1.54) is 5.56 Å². The van der Waals surface area contributed by atoms with E-state index in [9.17, 15) is 9.59 Å². The molecule has 1 saturated heterocycles. The number of hydrogen-bond acceptors (Lipinski definition) is 4. The van der Waals surface area contributed by atoms with Crippen molar-refractivity contribution in [1.82, 2.24) is 4.90 Å². The molecule has 0 aliphatic carbocycles. The average molecular weight is 290 g/mol. The molecule has 1 atom stereocenters. The molecule has 1 aromatic rings. The SMILES string of the molecule is CCc1ccc(NC(=O)CC2C(=O)OCCN2CC)cc1. The van der Waals surface area contributed by atoms with Gasteiger partial charge >= 0.3 is 5.97 Å². The van der Waals surface area contributed by atoms with Gasteiger partial charge in [-0.15, -0.1) is 0 Å². The van der Waals surface area contributed by atoms with Gasteiger partial charge in [0.1, 0.15) is 12.6 Å². The van der Waals surface area contributed by atoms with E-state index in [1.54, 1.807) is 0 Å². The second-order valence-corrected chi connectivity index (χ2v) is 5.11. The largest absolute Gasteiger partial charge is 0.463 e. The van der Waals surface area contributed by atoms with E-state index in [2.05, 4.69) is 12.2 Å². The summed E-state index contributed by atoms with van der Waals surface area (Å²) in [7, 11) is 0. The number of aryl methyl sites for hydroxylation is 1. The highest BCUT2D eigenvalue weighted by atomic mass is 16.5. The van der Waals surface area contributed by atoms with Crippen molar-refractivity contribution in [2.24, 2.45) is 0 Å². The Morgan fingerprint density at radius 1 is 1.33 bits per heavy atom. The van der Waals surface area contributed by atoms with Crippen LogP contribution in [-0.2, 0) is 20.7 Å². The minimum Gasteiger partial charge on any atom is -0.463 e. The summed E-state index contributed by atoms with van der Waals surface area (Å²) in [4.78, 5) is 25.9. The van der Waals surface area contributed by atoms with Crippen LogP contribution >= 0.6 is 0 Å². The van der Waals surface area contributed by atoms with Crippen molar-refractivity contribution in [2.75, 3.05) is 25.0 Å². The molecule has 21 heavy (non-hydrogen) atoms. The van der Waals surface area contributed by atoms with Crippen LogP contribution in [0.1, 0.15) is 25.8 Å². The topological polar surface area (TPSA) is 58.6 Å². The third-order valence-corrected chi connectivity index (χ3v) is 3.77. The number of carbonyl (C=O) groups excluding carboxylic acids is 2. The monoisotopic (exact) mass is 290 g/mol. The molecule has 0 saturated carbocycles. The molecular weight excluding hydrogens is 268 g/mol. The molecule has 1 aromatic carbocycles. The van der Waals surface area contributed by atoms with Crippen LogP contribution < -0.4 is 5.32 Å². The fourth-order valence-electron chi connectivity index (χ4n) is 2.47. The second kappa shape index (κ2) is 7.22. The number of hydrogen-bond donors (Lipinski definition) is 1. The number of morpholine rings is 1. The number of anilines is 1. The van der Waals surface area contributed by atoms with Gasteiger partial charge in [-0.3, -0.25) is 14.5 Å². The molecule has 1 heterocycles. The molecule has 1 aliphatic heterocycles. The maximum atomic E-state index is 12.1. The van der Waals surface area contributed by atoms with E-state index < -0.39 is 6.04 Å². The summed E-state index contributed by atoms with van der Waals surface area (Å²) in [5.74, 6) is -0.471. The van der Waals surface area contributed by atoms with Gasteiger partial charge in [0, 0.05) is 12.2 Å². The van der Waals surface area contributed by atoms with Crippen molar-refractivity contribution in [3.8, 4) is 0 Å². The van der Waals surface area contributed by atoms with Gasteiger partial charge in [0.05, 0.1) is 6.42 Å². The van der Waals surface area contributed by atoms with E-state index in [0.29, 0.717) is 13.2 Å². The van der Waals surface area contributed by atoms with E-state index in [-0.39, 0.29) is 18.3 Å². The third-order valence-electron chi connectivity index (χ3n) is 3.77. The summed E-state index contributed by atoms with van der Waals surface area (Å²) >= 11 is 0. The Morgan fingerprint density at radius 3 is 2.67 bits per heavy atom. The molecular formula is C16H22N2O3. The second-order valence-electron chi connectivity index (χ2n) is 5.11. The van der Waals surface area contributed by atoms with Crippen LogP contribution in [0.25, 0.3) is 0 Å². The zero-order valence-corrected chi connectivity index (χ0v) is 12.6. The normalized spacial score (nSPS) is 19.1. The van der Waals surface area contributed by atoms with Crippen molar-refractivity contribution < 1.29 is 14.3 Å². The molecule has 1 unspecified atom stereocenters. The number of nitrogens with zero attached hydrogens (tertiary/aromatic N) is 1. The third kappa shape index (κ3) is 4.04. The van der Waals surface area contributed by atoms with Gasteiger partial charge in [0.25, 0.3) is 0 Å². The van der Waals surface area contributed by atoms with E-state index >= 15 is 0 Å². The Bertz CT molecular complexity index is 499. The standard InChI is InChI=1S/C16H22N2O3/c1-3-12-5-7-13(8-6-12)17-15(19)11-14-16(20)21-10-9-18(14)4-2/h5-8,14H,3-4,9-11H2,1-2H3,(H,17,19). The maximum Gasteiger partial charge on any atom is 0.323 e. The molecule has 1 amide bonds. The van der Waals surface area contributed by atoms with Crippen LogP contribution in [0.2, 0.25) is 0 Å². The maximum absolute atomic E-state index is 12.1. The van der Waals surface area contributed by atoms with Crippen molar-refractivity contribution >= 4 is 17.6 Å². The zero-order valence-electron chi connectivity index (χ0n) is 12.6. The predicted octanol–water partition coefficient (Wildman–Crippen LogP) is 1.82. The quantitative estimate of drug-likeness (QED) is 0.841.